The summed E-state index contributed by atoms with van der Waals surface area (Å²) < 4.78 is 0. The van der Waals surface area contributed by atoms with Gasteiger partial charge in [-0.1, -0.05) is 140 Å². The molecule has 0 N–H and O–H groups in total. The fraction of sp³-hybridized carbons (Fsp3) is 0.0566. The molecule has 0 bridgehead atoms. The molecule has 8 aromatic rings. The average Bonchev–Trinajstić information content (AvgIpc) is 4.08. The Morgan fingerprint density at radius 1 is 0.404 bits per heavy atom. The quantitative estimate of drug-likeness (QED) is 0.0932. The number of hydrogen-bond donors (Lipinski definition) is 0. The van der Waals surface area contributed by atoms with Gasteiger partial charge in [0.2, 0.25) is 0 Å². The summed E-state index contributed by atoms with van der Waals surface area (Å²) in [5.41, 5.74) is 10.6. The summed E-state index contributed by atoms with van der Waals surface area (Å²) in [7, 11) is 0. The Morgan fingerprint density at radius 2 is 0.754 bits per heavy atom. The summed E-state index contributed by atoms with van der Waals surface area (Å²) in [4.78, 5) is 9.90. The van der Waals surface area contributed by atoms with Crippen LogP contribution in [-0.4, -0.2) is 0 Å². The zero-order chi connectivity index (χ0) is 39.4. The van der Waals surface area contributed by atoms with Gasteiger partial charge in [0.15, 0.2) is 0 Å². The molecule has 4 heteroatoms. The van der Waals surface area contributed by atoms with E-state index in [0.717, 1.165) is 17.1 Å². The molecular formula is C53H45NS3. The van der Waals surface area contributed by atoms with Crippen LogP contribution in [0.25, 0.3) is 57.8 Å². The van der Waals surface area contributed by atoms with Crippen molar-refractivity contribution in [3.8, 4) is 52.2 Å². The molecule has 57 heavy (non-hydrogen) atoms. The van der Waals surface area contributed by atoms with Crippen LogP contribution >= 0.6 is 34.0 Å². The Hall–Kier alpha value is -6.04. The van der Waals surface area contributed by atoms with E-state index in [0.29, 0.717) is 0 Å². The lowest BCUT2D eigenvalue weighted by Gasteiger charge is -2.26. The Balaban J connectivity index is 0.00000119. The summed E-state index contributed by atoms with van der Waals surface area (Å²) in [5.74, 6) is 0. The van der Waals surface area contributed by atoms with Crippen molar-refractivity contribution in [1.29, 1.82) is 0 Å². The number of benzene rings is 5. The monoisotopic (exact) mass is 791 g/mol. The predicted octanol–water partition coefficient (Wildman–Crippen LogP) is 17.4. The van der Waals surface area contributed by atoms with Gasteiger partial charge in [-0.05, 0) is 127 Å². The normalized spacial score (nSPS) is 11.5. The summed E-state index contributed by atoms with van der Waals surface area (Å²) in [6.45, 7) is 9.95. The van der Waals surface area contributed by atoms with Crippen LogP contribution in [0, 0.1) is 0 Å². The highest BCUT2D eigenvalue weighted by Gasteiger charge is 2.15. The van der Waals surface area contributed by atoms with Crippen molar-refractivity contribution in [2.45, 2.75) is 20.8 Å². The average molecular weight is 792 g/mol. The van der Waals surface area contributed by atoms with Gasteiger partial charge in [-0.3, -0.25) is 0 Å². The molecule has 0 aliphatic heterocycles. The summed E-state index contributed by atoms with van der Waals surface area (Å²) >= 11 is 5.46. The lowest BCUT2D eigenvalue weighted by Crippen LogP contribution is -2.09. The van der Waals surface area contributed by atoms with E-state index >= 15 is 0 Å². The molecule has 280 valence electrons. The van der Waals surface area contributed by atoms with E-state index in [1.54, 1.807) is 11.3 Å². The Morgan fingerprint density at radius 3 is 1.11 bits per heavy atom. The van der Waals surface area contributed by atoms with E-state index in [1.807, 2.05) is 61.7 Å². The molecule has 8 rings (SSSR count). The molecule has 0 unspecified atom stereocenters. The first-order valence-electron chi connectivity index (χ1n) is 19.1. The molecule has 0 aliphatic carbocycles. The number of allylic oxidation sites excluding steroid dienone is 7. The largest absolute Gasteiger partial charge is 0.311 e. The van der Waals surface area contributed by atoms with E-state index < -0.39 is 0 Å². The van der Waals surface area contributed by atoms with Crippen molar-refractivity contribution >= 4 is 56.6 Å². The zero-order valence-corrected chi connectivity index (χ0v) is 35.0. The zero-order valence-electron chi connectivity index (χ0n) is 32.5. The van der Waals surface area contributed by atoms with Crippen LogP contribution in [0.3, 0.4) is 0 Å². The maximum Gasteiger partial charge on any atom is 0.0462 e. The van der Waals surface area contributed by atoms with Crippen LogP contribution in [0.1, 0.15) is 25.6 Å². The molecular weight excluding hydrogens is 747 g/mol. The summed E-state index contributed by atoms with van der Waals surface area (Å²) in [5, 5.41) is 0. The highest BCUT2D eigenvalue weighted by molar-refractivity contribution is 7.19. The minimum Gasteiger partial charge on any atom is -0.311 e. The SMILES string of the molecule is C/C=C\C.C=C/C=C(\C=C/C)c1ccc(-c2ccc(N(c3ccc(-c4ccc(-c5ccccc5)s4)cc3)c3ccc(-c4ccc(-c5ccccc5)s4)cc3)cc2)s1. The van der Waals surface area contributed by atoms with Gasteiger partial charge in [0, 0.05) is 46.3 Å². The van der Waals surface area contributed by atoms with Crippen molar-refractivity contribution in [3.05, 3.63) is 218 Å². The standard InChI is InChI=1S/C49H37NS3.C4H8/c1-3-11-35(12-4-2)44-29-32-47(51-44)38-17-23-41(24-18-38)50(42-25-19-39(20-26-42)48-33-30-45(52-48)36-13-7-5-8-14-36)43-27-21-40(22-28-43)49-34-31-46(53-49)37-15-9-6-10-16-37;1-3-4-2/h3-34H,1H2,2H3;3-4H,1-2H3/b12-4-,35-11+;4-3-. The van der Waals surface area contributed by atoms with Gasteiger partial charge in [-0.2, -0.15) is 0 Å². The topological polar surface area (TPSA) is 3.24 Å². The number of nitrogens with zero attached hydrogens (tertiary/aromatic N) is 1. The first-order chi connectivity index (χ1) is 28.1. The van der Waals surface area contributed by atoms with E-state index in [4.69, 9.17) is 0 Å². The molecule has 3 aromatic heterocycles. The second-order valence-electron chi connectivity index (χ2n) is 13.2. The fourth-order valence-electron chi connectivity index (χ4n) is 6.45. The van der Waals surface area contributed by atoms with Crippen molar-refractivity contribution in [3.63, 3.8) is 0 Å². The second-order valence-corrected chi connectivity index (χ2v) is 16.5. The van der Waals surface area contributed by atoms with Crippen molar-refractivity contribution in [2.24, 2.45) is 0 Å². The van der Waals surface area contributed by atoms with E-state index in [-0.39, 0.29) is 0 Å². The van der Waals surface area contributed by atoms with Gasteiger partial charge in [-0.15, -0.1) is 34.0 Å². The molecule has 1 nitrogen and oxygen atoms in total. The molecule has 0 atom stereocenters. The molecule has 0 fully saturated rings. The molecule has 5 aromatic carbocycles. The number of thiophene rings is 3. The smallest absolute Gasteiger partial charge is 0.0462 e. The Bertz CT molecular complexity index is 2450. The third-order valence-corrected chi connectivity index (χ3v) is 13.0. The molecule has 0 amide bonds. The first-order valence-corrected chi connectivity index (χ1v) is 21.6. The molecule has 0 saturated carbocycles. The van der Waals surface area contributed by atoms with Gasteiger partial charge in [-0.25, -0.2) is 0 Å². The number of hydrogen-bond acceptors (Lipinski definition) is 4. The van der Waals surface area contributed by atoms with Gasteiger partial charge in [0.1, 0.15) is 0 Å². The Kier molecular flexibility index (Phi) is 13.2. The maximum absolute atomic E-state index is 3.90. The van der Waals surface area contributed by atoms with Gasteiger partial charge in [0.25, 0.3) is 0 Å². The van der Waals surface area contributed by atoms with Gasteiger partial charge >= 0.3 is 0 Å². The van der Waals surface area contributed by atoms with Crippen LogP contribution in [0.2, 0.25) is 0 Å². The molecule has 3 heterocycles. The predicted molar refractivity (Wildman–Crippen MR) is 255 cm³/mol. The lowest BCUT2D eigenvalue weighted by atomic mass is 10.1. The lowest BCUT2D eigenvalue weighted by molar-refractivity contribution is 1.28. The van der Waals surface area contributed by atoms with Crippen LogP contribution < -0.4 is 4.90 Å². The number of anilines is 3. The third-order valence-electron chi connectivity index (χ3n) is 9.43. The van der Waals surface area contributed by atoms with Crippen LogP contribution in [0.15, 0.2) is 213 Å². The minimum absolute atomic E-state index is 1.11. The second kappa shape index (κ2) is 19.2. The fourth-order valence-corrected chi connectivity index (χ4v) is 9.50. The van der Waals surface area contributed by atoms with Gasteiger partial charge < -0.3 is 4.90 Å². The van der Waals surface area contributed by atoms with Crippen LogP contribution in [0.5, 0.6) is 0 Å². The van der Waals surface area contributed by atoms with Crippen molar-refractivity contribution in [1.82, 2.24) is 0 Å². The van der Waals surface area contributed by atoms with E-state index in [9.17, 15) is 0 Å². The molecule has 0 saturated heterocycles. The van der Waals surface area contributed by atoms with Crippen molar-refractivity contribution in [2.75, 3.05) is 4.90 Å². The minimum atomic E-state index is 1.11. The summed E-state index contributed by atoms with van der Waals surface area (Å²) in [6.07, 6.45) is 12.1. The molecule has 0 radical (unpaired) electrons. The van der Waals surface area contributed by atoms with E-state index in [1.165, 1.54) is 62.7 Å². The maximum atomic E-state index is 3.90. The highest BCUT2D eigenvalue weighted by Crippen LogP contribution is 2.41. The Labute approximate surface area is 350 Å². The van der Waals surface area contributed by atoms with Crippen molar-refractivity contribution < 1.29 is 0 Å². The van der Waals surface area contributed by atoms with E-state index in [2.05, 4.69) is 200 Å². The highest BCUT2D eigenvalue weighted by atomic mass is 32.1. The third kappa shape index (κ3) is 9.50. The number of rotatable bonds is 11. The summed E-state index contributed by atoms with van der Waals surface area (Å²) in [6, 6.07) is 61.4. The van der Waals surface area contributed by atoms with Gasteiger partial charge in [0.05, 0.1) is 0 Å². The molecule has 0 spiro atoms. The van der Waals surface area contributed by atoms with Crippen LogP contribution in [0.4, 0.5) is 17.1 Å². The van der Waals surface area contributed by atoms with Crippen LogP contribution in [-0.2, 0) is 0 Å². The first kappa shape index (κ1) is 39.2. The molecule has 0 aliphatic rings.